The molecule has 0 aromatic heterocycles. The third kappa shape index (κ3) is 7.43. The van der Waals surface area contributed by atoms with E-state index in [2.05, 4.69) is 0 Å². The van der Waals surface area contributed by atoms with Crippen molar-refractivity contribution in [3.63, 3.8) is 0 Å². The SMILES string of the molecule is C[C@H](CO)[C@@H](O)CC=CC(=O)OC(C)(C)C. The largest absolute Gasteiger partial charge is 0.457 e. The van der Waals surface area contributed by atoms with Crippen LogP contribution in [0.3, 0.4) is 0 Å². The summed E-state index contributed by atoms with van der Waals surface area (Å²) in [7, 11) is 0. The van der Waals surface area contributed by atoms with Crippen molar-refractivity contribution in [1.29, 1.82) is 0 Å². The van der Waals surface area contributed by atoms with E-state index in [1.807, 2.05) is 0 Å². The molecule has 0 fully saturated rings. The maximum absolute atomic E-state index is 11.2. The van der Waals surface area contributed by atoms with Crippen molar-refractivity contribution in [3.05, 3.63) is 12.2 Å². The molecule has 0 saturated carbocycles. The monoisotopic (exact) mass is 230 g/mol. The minimum absolute atomic E-state index is 0.0680. The topological polar surface area (TPSA) is 66.8 Å². The maximum atomic E-state index is 11.2. The molecule has 0 aromatic rings. The first kappa shape index (κ1) is 15.1. The molecule has 0 spiro atoms. The van der Waals surface area contributed by atoms with Crippen LogP contribution in [-0.4, -0.2) is 34.5 Å². The van der Waals surface area contributed by atoms with E-state index >= 15 is 0 Å². The maximum Gasteiger partial charge on any atom is 0.330 e. The molecular weight excluding hydrogens is 208 g/mol. The molecule has 2 atom stereocenters. The van der Waals surface area contributed by atoms with Crippen molar-refractivity contribution in [2.45, 2.75) is 45.8 Å². The molecule has 0 aromatic carbocycles. The van der Waals surface area contributed by atoms with Gasteiger partial charge in [0, 0.05) is 18.6 Å². The smallest absolute Gasteiger partial charge is 0.330 e. The molecule has 0 saturated heterocycles. The normalized spacial score (nSPS) is 16.1. The molecule has 0 rings (SSSR count). The highest BCUT2D eigenvalue weighted by atomic mass is 16.6. The Morgan fingerprint density at radius 1 is 1.44 bits per heavy atom. The predicted octanol–water partition coefficient (Wildman–Crippen LogP) is 1.26. The molecule has 0 aliphatic carbocycles. The van der Waals surface area contributed by atoms with Crippen LogP contribution in [0.5, 0.6) is 0 Å². The number of ether oxygens (including phenoxy) is 1. The van der Waals surface area contributed by atoms with Gasteiger partial charge in [-0.2, -0.15) is 0 Å². The van der Waals surface area contributed by atoms with E-state index in [-0.39, 0.29) is 12.5 Å². The summed E-state index contributed by atoms with van der Waals surface area (Å²) in [6, 6.07) is 0. The van der Waals surface area contributed by atoms with Gasteiger partial charge in [-0.1, -0.05) is 13.0 Å². The zero-order chi connectivity index (χ0) is 12.8. The Kier molecular flexibility index (Phi) is 6.29. The molecule has 0 heterocycles. The predicted molar refractivity (Wildman–Crippen MR) is 61.9 cm³/mol. The third-order valence-corrected chi connectivity index (χ3v) is 1.98. The number of rotatable bonds is 5. The van der Waals surface area contributed by atoms with Gasteiger partial charge in [0.2, 0.25) is 0 Å². The molecule has 0 unspecified atom stereocenters. The average molecular weight is 230 g/mol. The highest BCUT2D eigenvalue weighted by molar-refractivity contribution is 5.82. The van der Waals surface area contributed by atoms with E-state index < -0.39 is 17.7 Å². The summed E-state index contributed by atoms with van der Waals surface area (Å²) in [6.07, 6.45) is 2.56. The molecule has 0 aliphatic heterocycles. The lowest BCUT2D eigenvalue weighted by atomic mass is 10.0. The molecule has 0 bridgehead atoms. The molecule has 4 nitrogen and oxygen atoms in total. The van der Waals surface area contributed by atoms with Crippen LogP contribution < -0.4 is 0 Å². The molecule has 2 N–H and O–H groups in total. The van der Waals surface area contributed by atoms with E-state index in [0.717, 1.165) is 0 Å². The number of esters is 1. The van der Waals surface area contributed by atoms with Crippen molar-refractivity contribution in [3.8, 4) is 0 Å². The van der Waals surface area contributed by atoms with Gasteiger partial charge in [-0.15, -0.1) is 0 Å². The molecule has 0 amide bonds. The molecule has 4 heteroatoms. The van der Waals surface area contributed by atoms with Crippen molar-refractivity contribution in [2.75, 3.05) is 6.61 Å². The minimum atomic E-state index is -0.635. The number of aliphatic hydroxyl groups excluding tert-OH is 2. The highest BCUT2D eigenvalue weighted by Gasteiger charge is 2.14. The lowest BCUT2D eigenvalue weighted by Gasteiger charge is -2.18. The zero-order valence-electron chi connectivity index (χ0n) is 10.4. The molecule has 0 aliphatic rings. The van der Waals surface area contributed by atoms with Crippen molar-refractivity contribution in [2.24, 2.45) is 5.92 Å². The summed E-state index contributed by atoms with van der Waals surface area (Å²) in [5.41, 5.74) is -0.502. The Balaban J connectivity index is 3.97. The second kappa shape index (κ2) is 6.66. The average Bonchev–Trinajstić information content (AvgIpc) is 2.13. The zero-order valence-corrected chi connectivity index (χ0v) is 10.4. The number of aliphatic hydroxyl groups is 2. The number of hydrogen-bond donors (Lipinski definition) is 2. The van der Waals surface area contributed by atoms with Crippen LogP contribution in [0.25, 0.3) is 0 Å². The van der Waals surface area contributed by atoms with E-state index in [1.54, 1.807) is 33.8 Å². The number of hydrogen-bond acceptors (Lipinski definition) is 4. The molecule has 94 valence electrons. The van der Waals surface area contributed by atoms with Crippen LogP contribution in [-0.2, 0) is 9.53 Å². The Labute approximate surface area is 96.9 Å². The quantitative estimate of drug-likeness (QED) is 0.551. The second-order valence-corrected chi connectivity index (χ2v) is 4.90. The van der Waals surface area contributed by atoms with Gasteiger partial charge in [-0.25, -0.2) is 4.79 Å². The Morgan fingerprint density at radius 3 is 2.44 bits per heavy atom. The summed E-state index contributed by atoms with van der Waals surface area (Å²) in [4.78, 5) is 11.2. The van der Waals surface area contributed by atoms with Gasteiger partial charge in [0.25, 0.3) is 0 Å². The summed E-state index contributed by atoms with van der Waals surface area (Å²) in [5, 5.41) is 18.3. The van der Waals surface area contributed by atoms with E-state index in [1.165, 1.54) is 6.08 Å². The van der Waals surface area contributed by atoms with Gasteiger partial charge < -0.3 is 14.9 Å². The van der Waals surface area contributed by atoms with Crippen molar-refractivity contribution < 1.29 is 19.7 Å². The number of carbonyl (C=O) groups is 1. The van der Waals surface area contributed by atoms with Crippen LogP contribution in [0.4, 0.5) is 0 Å². The van der Waals surface area contributed by atoms with Crippen LogP contribution >= 0.6 is 0 Å². The molecule has 16 heavy (non-hydrogen) atoms. The van der Waals surface area contributed by atoms with E-state index in [0.29, 0.717) is 6.42 Å². The fraction of sp³-hybridized carbons (Fsp3) is 0.750. The summed E-state index contributed by atoms with van der Waals surface area (Å²) >= 11 is 0. The van der Waals surface area contributed by atoms with Crippen molar-refractivity contribution >= 4 is 5.97 Å². The Bertz CT molecular complexity index is 240. The van der Waals surface area contributed by atoms with E-state index in [4.69, 9.17) is 9.84 Å². The van der Waals surface area contributed by atoms with Gasteiger partial charge >= 0.3 is 5.97 Å². The minimum Gasteiger partial charge on any atom is -0.457 e. The Morgan fingerprint density at radius 2 is 2.00 bits per heavy atom. The van der Waals surface area contributed by atoms with Crippen LogP contribution in [0.1, 0.15) is 34.1 Å². The lowest BCUT2D eigenvalue weighted by Crippen LogP contribution is -2.23. The fourth-order valence-electron chi connectivity index (χ4n) is 0.993. The van der Waals surface area contributed by atoms with Crippen LogP contribution in [0.2, 0.25) is 0 Å². The van der Waals surface area contributed by atoms with Gasteiger partial charge in [-0.3, -0.25) is 0 Å². The fourth-order valence-corrected chi connectivity index (χ4v) is 0.993. The lowest BCUT2D eigenvalue weighted by molar-refractivity contribution is -0.148. The summed E-state index contributed by atoms with van der Waals surface area (Å²) in [6.45, 7) is 7.05. The highest BCUT2D eigenvalue weighted by Crippen LogP contribution is 2.09. The standard InChI is InChI=1S/C12H22O4/c1-9(8-13)10(14)6-5-7-11(15)16-12(2,3)4/h5,7,9-10,13-14H,6,8H2,1-4H3/t9-,10+/m1/s1. The first-order valence-electron chi connectivity index (χ1n) is 5.44. The van der Waals surface area contributed by atoms with Gasteiger partial charge in [0.15, 0.2) is 0 Å². The Hall–Kier alpha value is -0.870. The third-order valence-electron chi connectivity index (χ3n) is 1.98. The van der Waals surface area contributed by atoms with Gasteiger partial charge in [-0.05, 0) is 27.2 Å². The van der Waals surface area contributed by atoms with Crippen LogP contribution in [0, 0.1) is 5.92 Å². The first-order chi connectivity index (χ1) is 7.26. The first-order valence-corrected chi connectivity index (χ1v) is 5.44. The number of carbonyl (C=O) groups excluding carboxylic acids is 1. The van der Waals surface area contributed by atoms with Gasteiger partial charge in [0.05, 0.1) is 6.10 Å². The van der Waals surface area contributed by atoms with Gasteiger partial charge in [0.1, 0.15) is 5.60 Å². The summed E-state index contributed by atoms with van der Waals surface area (Å²) in [5.74, 6) is -0.611. The second-order valence-electron chi connectivity index (χ2n) is 4.90. The molecular formula is C12H22O4. The van der Waals surface area contributed by atoms with E-state index in [9.17, 15) is 9.90 Å². The van der Waals surface area contributed by atoms with Crippen LogP contribution in [0.15, 0.2) is 12.2 Å². The van der Waals surface area contributed by atoms with Crippen molar-refractivity contribution in [1.82, 2.24) is 0 Å². The molecule has 0 radical (unpaired) electrons. The summed E-state index contributed by atoms with van der Waals surface area (Å²) < 4.78 is 5.05.